The number of carbonyl (C=O) groups is 9. The summed E-state index contributed by atoms with van der Waals surface area (Å²) in [5.41, 5.74) is 5.39. The molecule has 27 nitrogen and oxygen atoms in total. The van der Waals surface area contributed by atoms with Crippen LogP contribution < -0.4 is 17.2 Å². The van der Waals surface area contributed by atoms with E-state index in [0.717, 1.165) is 6.92 Å². The van der Waals surface area contributed by atoms with Gasteiger partial charge in [0.2, 0.25) is 23.1 Å². The number of fused-ring (bicyclic) bond motifs is 9. The minimum Gasteiger partial charge on any atom is -0.510 e. The van der Waals surface area contributed by atoms with E-state index in [1.165, 1.54) is 55.1 Å². The summed E-state index contributed by atoms with van der Waals surface area (Å²) in [6.45, 7) is 5.75. The molecular formula is C65H67N5O22. The fourth-order valence-corrected chi connectivity index (χ4v) is 15.5. The fraction of sp³-hybridized carbons (Fsp3) is 0.369. The Bertz CT molecular complexity index is 4300. The molecule has 12 atom stereocenters. The number of hydrogen-bond donors (Lipinski definition) is 16. The van der Waals surface area contributed by atoms with Crippen molar-refractivity contribution in [2.75, 3.05) is 28.2 Å². The molecule has 27 heteroatoms. The van der Waals surface area contributed by atoms with E-state index >= 15 is 0 Å². The molecule has 484 valence electrons. The number of carbonyl (C=O) groups excluding carboxylic acids is 9. The first-order valence-electron chi connectivity index (χ1n) is 28.9. The van der Waals surface area contributed by atoms with Crippen LogP contribution in [0.5, 0.6) is 23.0 Å². The molecule has 92 heavy (non-hydrogen) atoms. The van der Waals surface area contributed by atoms with Gasteiger partial charge in [-0.1, -0.05) is 36.4 Å². The Balaban J connectivity index is 0.000000151. The van der Waals surface area contributed by atoms with E-state index in [2.05, 4.69) is 0 Å². The third kappa shape index (κ3) is 8.70. The van der Waals surface area contributed by atoms with Crippen LogP contribution in [0.15, 0.2) is 105 Å². The number of Topliss-reactive ketones (excluding diaryl/α,β-unsaturated/α-hetero) is 7. The van der Waals surface area contributed by atoms with Gasteiger partial charge in [0, 0.05) is 34.8 Å². The standard InChI is InChI=1S/C22H24N2O8.C22H21NO7.C21H22N2O7/c1-21(31)8-5-4-6-11(25)12(8)16(26)13-9(21)7-10-15(24(2)3)17(27)14(20(23)30)19(29)22(10,32)18(13)28;1-7-4-5-10-8(2)11-6-12-16(23)19(27)13(9(3)24)20(28)22(12,30)21(29)15(11)18(26)14(10)17(7)25;1-23(2)15-10-7-9-6-8-4-3-5-11(24)12(8)16(25)13(9)18(27)21(10,30)19(28)14(17(15)26)20(22)29/h4-6,9-10,15,25,27-28,31-32H,7H2,1-3H3,(H2,23,30);4-5,12,16,25-27,30H,6,23H2,1-3H3;3-5,9-10,15,24,26-27,30H,6-7H2,1-2H3,(H2,22,29)/t9-,10-,15-,21+,22-;12-,16+,22+;9-,10-,15-,21-/m000/s1. The maximum atomic E-state index is 13.4. The maximum absolute atomic E-state index is 13.4. The topological polar surface area (TPSA) is 501 Å². The molecule has 0 spiro atoms. The summed E-state index contributed by atoms with van der Waals surface area (Å²) in [5, 5.41) is 142. The second-order valence-corrected chi connectivity index (χ2v) is 25.3. The fourth-order valence-electron chi connectivity index (χ4n) is 15.5. The highest BCUT2D eigenvalue weighted by atomic mass is 16.4. The zero-order valence-corrected chi connectivity index (χ0v) is 50.7. The zero-order chi connectivity index (χ0) is 68.3. The molecule has 0 saturated heterocycles. The largest absolute Gasteiger partial charge is 0.510 e. The van der Waals surface area contributed by atoms with Crippen LogP contribution in [0.3, 0.4) is 0 Å². The van der Waals surface area contributed by atoms with Crippen molar-refractivity contribution >= 4 is 63.1 Å². The average Bonchev–Trinajstić information content (AvgIpc) is 0.710. The van der Waals surface area contributed by atoms with E-state index in [-0.39, 0.29) is 64.0 Å². The number of allylic oxidation sites excluding steroid dienone is 1. The monoisotopic (exact) mass is 1270 g/mol. The average molecular weight is 1270 g/mol. The molecule has 0 unspecified atom stereocenters. The van der Waals surface area contributed by atoms with Gasteiger partial charge in [0.25, 0.3) is 11.8 Å². The summed E-state index contributed by atoms with van der Waals surface area (Å²) < 4.78 is 0. The molecule has 0 fully saturated rings. The SMILES string of the molecule is CC(=O)C1=C(O)[C@H](N)[C@@H]2Cc3c(c(O)c4c(O)c(C)ccc4c3C)C(=O)[C@]2(O)C1=O.CN(C)[C@@H]1C(O)=C(C(N)=O)C(=O)[C@@]2(O)C(O)=C3C(=O)c4c(O)cccc4C[C@H]3C[C@@H]12.CN(C)[C@@H]1C(O)=C(C(N)=O)C(=O)[C@@]2(O)C(O)=C3C(=O)c4c(O)cccc4[C@@](C)(O)[C@H]3C[C@@H]12. The second kappa shape index (κ2) is 21.8. The van der Waals surface area contributed by atoms with E-state index in [0.29, 0.717) is 34.1 Å². The Morgan fingerprint density at radius 3 is 1.57 bits per heavy atom. The van der Waals surface area contributed by atoms with Crippen molar-refractivity contribution in [3.63, 3.8) is 0 Å². The molecule has 0 radical (unpaired) electrons. The maximum Gasteiger partial charge on any atom is 0.255 e. The number of ketones is 7. The third-order valence-corrected chi connectivity index (χ3v) is 20.0. The van der Waals surface area contributed by atoms with E-state index in [1.54, 1.807) is 52.2 Å². The van der Waals surface area contributed by atoms with Crippen molar-refractivity contribution in [3.8, 4) is 23.0 Å². The van der Waals surface area contributed by atoms with Crippen LogP contribution in [0.4, 0.5) is 0 Å². The van der Waals surface area contributed by atoms with Crippen LogP contribution >= 0.6 is 0 Å². The van der Waals surface area contributed by atoms with Crippen molar-refractivity contribution in [3.05, 3.63) is 150 Å². The second-order valence-electron chi connectivity index (χ2n) is 25.3. The molecule has 0 heterocycles. The quantitative estimate of drug-likeness (QED) is 0.0985. The number of nitrogens with two attached hydrogens (primary N) is 3. The first kappa shape index (κ1) is 65.3. The number of aliphatic hydroxyl groups is 9. The number of aryl methyl sites for hydroxylation is 2. The van der Waals surface area contributed by atoms with E-state index in [4.69, 9.17) is 17.2 Å². The highest BCUT2D eigenvalue weighted by Gasteiger charge is 2.67. The highest BCUT2D eigenvalue weighted by molar-refractivity contribution is 6.34. The van der Waals surface area contributed by atoms with Gasteiger partial charge in [-0.2, -0.15) is 0 Å². The van der Waals surface area contributed by atoms with Gasteiger partial charge in [0.1, 0.15) is 68.5 Å². The van der Waals surface area contributed by atoms with Crippen LogP contribution in [0.1, 0.15) is 85.6 Å². The minimum atomic E-state index is -2.75. The first-order valence-corrected chi connectivity index (χ1v) is 28.9. The first-order chi connectivity index (χ1) is 42.7. The van der Waals surface area contributed by atoms with Crippen molar-refractivity contribution in [2.24, 2.45) is 46.8 Å². The number of rotatable bonds is 5. The number of aliphatic hydroxyl groups excluding tert-OH is 5. The van der Waals surface area contributed by atoms with Crippen LogP contribution in [0.2, 0.25) is 0 Å². The number of amides is 2. The summed E-state index contributed by atoms with van der Waals surface area (Å²) in [6, 6.07) is 8.74. The number of benzene rings is 4. The lowest BCUT2D eigenvalue weighted by atomic mass is 9.55. The summed E-state index contributed by atoms with van der Waals surface area (Å²) >= 11 is 0. The molecule has 4 aromatic carbocycles. The predicted octanol–water partition coefficient (Wildman–Crippen LogP) is 1.17. The molecule has 0 saturated carbocycles. The molecule has 2 amide bonds. The van der Waals surface area contributed by atoms with E-state index < -0.39 is 185 Å². The smallest absolute Gasteiger partial charge is 0.255 e. The van der Waals surface area contributed by atoms with Gasteiger partial charge in [-0.05, 0) is 133 Å². The van der Waals surface area contributed by atoms with Crippen molar-refractivity contribution in [2.45, 2.75) is 93.9 Å². The minimum absolute atomic E-state index is 0.0123. The lowest BCUT2D eigenvalue weighted by Crippen LogP contribution is -2.65. The number of hydrogen-bond acceptors (Lipinski definition) is 25. The Morgan fingerprint density at radius 1 is 0.554 bits per heavy atom. The number of primary amides is 2. The van der Waals surface area contributed by atoms with E-state index in [1.807, 2.05) is 0 Å². The normalized spacial score (nSPS) is 30.5. The van der Waals surface area contributed by atoms with Gasteiger partial charge in [-0.25, -0.2) is 0 Å². The molecule has 0 aliphatic heterocycles. The molecule has 8 aliphatic carbocycles. The Kier molecular flexibility index (Phi) is 15.5. The number of likely N-dealkylation sites (N-methyl/N-ethyl adjacent to an activating group) is 2. The molecule has 0 aromatic heterocycles. The van der Waals surface area contributed by atoms with Crippen LogP contribution in [-0.4, -0.2) is 192 Å². The lowest BCUT2D eigenvalue weighted by molar-refractivity contribution is -0.152. The van der Waals surface area contributed by atoms with Crippen molar-refractivity contribution in [1.29, 1.82) is 0 Å². The predicted molar refractivity (Wildman–Crippen MR) is 320 cm³/mol. The molecule has 4 aromatic rings. The summed E-state index contributed by atoms with van der Waals surface area (Å²) in [5.74, 6) is -20.1. The zero-order valence-electron chi connectivity index (χ0n) is 50.7. The van der Waals surface area contributed by atoms with Crippen molar-refractivity contribution in [1.82, 2.24) is 9.80 Å². The summed E-state index contributed by atoms with van der Waals surface area (Å²) in [7, 11) is 6.24. The summed E-state index contributed by atoms with van der Waals surface area (Å²) in [6.07, 6.45) is 0.0858. The Hall–Kier alpha value is -9.61. The molecular weight excluding hydrogens is 1200 g/mol. The van der Waals surface area contributed by atoms with Gasteiger partial charge in [0.15, 0.2) is 34.2 Å². The number of phenols is 4. The van der Waals surface area contributed by atoms with Gasteiger partial charge < -0.3 is 83.6 Å². The number of nitrogens with zero attached hydrogens (tertiary/aromatic N) is 2. The van der Waals surface area contributed by atoms with Gasteiger partial charge >= 0.3 is 0 Å². The lowest BCUT2D eigenvalue weighted by Gasteiger charge is -2.52. The van der Waals surface area contributed by atoms with Gasteiger partial charge in [-0.15, -0.1) is 0 Å². The van der Waals surface area contributed by atoms with Crippen molar-refractivity contribution < 1.29 is 110 Å². The van der Waals surface area contributed by atoms with E-state index in [9.17, 15) is 110 Å². The Labute approximate surface area is 522 Å². The summed E-state index contributed by atoms with van der Waals surface area (Å²) in [4.78, 5) is 118. The highest BCUT2D eigenvalue weighted by Crippen LogP contribution is 2.58. The Morgan fingerprint density at radius 2 is 1.04 bits per heavy atom. The van der Waals surface area contributed by atoms with Crippen LogP contribution in [0.25, 0.3) is 10.8 Å². The number of aromatic hydroxyl groups is 4. The third-order valence-electron chi connectivity index (χ3n) is 20.0. The number of phenolic OH excluding ortho intramolecular Hbond substituents is 4. The molecule has 8 aliphatic rings. The molecule has 19 N–H and O–H groups in total. The van der Waals surface area contributed by atoms with Gasteiger partial charge in [0.05, 0.1) is 45.8 Å². The van der Waals surface area contributed by atoms with Gasteiger partial charge in [-0.3, -0.25) is 53.0 Å². The molecule has 0 bridgehead atoms. The molecule has 12 rings (SSSR count). The van der Waals surface area contributed by atoms with Crippen LogP contribution in [0, 0.1) is 43.4 Å². The van der Waals surface area contributed by atoms with Crippen LogP contribution in [-0.2, 0) is 47.2 Å².